The lowest BCUT2D eigenvalue weighted by Crippen LogP contribution is -2.38. The van der Waals surface area contributed by atoms with Crippen molar-refractivity contribution in [1.29, 1.82) is 0 Å². The molecule has 2 atom stereocenters. The quantitative estimate of drug-likeness (QED) is 0.625. The number of rotatable bonds is 5. The fourth-order valence-corrected chi connectivity index (χ4v) is 4.08. The molecule has 21 heavy (non-hydrogen) atoms. The number of hydrogen-bond acceptors (Lipinski definition) is 5. The van der Waals surface area contributed by atoms with Crippen molar-refractivity contribution in [3.63, 3.8) is 0 Å². The van der Waals surface area contributed by atoms with E-state index in [0.29, 0.717) is 12.8 Å². The van der Waals surface area contributed by atoms with E-state index in [-0.39, 0.29) is 12.5 Å². The zero-order chi connectivity index (χ0) is 15.6. The van der Waals surface area contributed by atoms with E-state index in [4.69, 9.17) is 0 Å². The maximum absolute atomic E-state index is 13.5. The van der Waals surface area contributed by atoms with Crippen molar-refractivity contribution in [3.05, 3.63) is 34.1 Å². The number of para-hydroxylation sites is 1. The third kappa shape index (κ3) is 3.20. The minimum atomic E-state index is -4.23. The number of aliphatic hydroxyl groups is 1. The van der Waals surface area contributed by atoms with Crippen LogP contribution in [0.3, 0.4) is 0 Å². The van der Waals surface area contributed by atoms with Gasteiger partial charge in [0.15, 0.2) is 4.90 Å². The van der Waals surface area contributed by atoms with Crippen LogP contribution >= 0.6 is 0 Å². The monoisotopic (exact) mass is 318 g/mol. The number of aliphatic hydroxyl groups excluding tert-OH is 1. The van der Waals surface area contributed by atoms with E-state index < -0.39 is 37.4 Å². The van der Waals surface area contributed by atoms with Gasteiger partial charge in [0.25, 0.3) is 0 Å². The third-order valence-electron chi connectivity index (χ3n) is 3.62. The van der Waals surface area contributed by atoms with Crippen molar-refractivity contribution in [2.45, 2.75) is 30.2 Å². The molecule has 2 unspecified atom stereocenters. The second-order valence-corrected chi connectivity index (χ2v) is 6.63. The van der Waals surface area contributed by atoms with E-state index in [0.717, 1.165) is 24.6 Å². The van der Waals surface area contributed by atoms with Gasteiger partial charge in [-0.3, -0.25) is 10.1 Å². The van der Waals surface area contributed by atoms with Gasteiger partial charge in [0.05, 0.1) is 4.92 Å². The summed E-state index contributed by atoms with van der Waals surface area (Å²) in [4.78, 5) is 9.13. The Morgan fingerprint density at radius 3 is 2.76 bits per heavy atom. The Hall–Kier alpha value is -1.58. The van der Waals surface area contributed by atoms with E-state index in [9.17, 15) is 28.0 Å². The first-order valence-electron chi connectivity index (χ1n) is 6.43. The van der Waals surface area contributed by atoms with Gasteiger partial charge in [-0.1, -0.05) is 12.5 Å². The summed E-state index contributed by atoms with van der Waals surface area (Å²) in [6.45, 7) is -0.168. The molecule has 1 saturated carbocycles. The average molecular weight is 318 g/mol. The van der Waals surface area contributed by atoms with Crippen molar-refractivity contribution >= 4 is 15.7 Å². The molecule has 7 nitrogen and oxygen atoms in total. The van der Waals surface area contributed by atoms with Crippen molar-refractivity contribution in [2.75, 3.05) is 6.61 Å². The Morgan fingerprint density at radius 1 is 1.43 bits per heavy atom. The molecule has 9 heteroatoms. The molecule has 0 bridgehead atoms. The largest absolute Gasteiger partial charge is 0.396 e. The van der Waals surface area contributed by atoms with Crippen LogP contribution in [0.2, 0.25) is 0 Å². The fraction of sp³-hybridized carbons (Fsp3) is 0.500. The molecule has 1 aromatic rings. The van der Waals surface area contributed by atoms with Crippen molar-refractivity contribution in [1.82, 2.24) is 4.72 Å². The lowest BCUT2D eigenvalue weighted by molar-refractivity contribution is -0.390. The maximum atomic E-state index is 13.5. The molecular weight excluding hydrogens is 303 g/mol. The van der Waals surface area contributed by atoms with Crippen LogP contribution in [-0.4, -0.2) is 31.1 Å². The van der Waals surface area contributed by atoms with E-state index >= 15 is 0 Å². The molecule has 116 valence electrons. The number of nitro benzene ring substituents is 1. The predicted molar refractivity (Wildman–Crippen MR) is 71.6 cm³/mol. The first-order valence-corrected chi connectivity index (χ1v) is 7.91. The van der Waals surface area contributed by atoms with Crippen molar-refractivity contribution in [2.24, 2.45) is 5.92 Å². The van der Waals surface area contributed by atoms with Crippen LogP contribution in [0.4, 0.5) is 10.1 Å². The van der Waals surface area contributed by atoms with Gasteiger partial charge in [0.2, 0.25) is 15.8 Å². The molecule has 2 N–H and O–H groups in total. The normalized spacial score (nSPS) is 22.4. The summed E-state index contributed by atoms with van der Waals surface area (Å²) < 4.78 is 40.4. The molecule has 0 radical (unpaired) electrons. The molecule has 1 fully saturated rings. The van der Waals surface area contributed by atoms with Gasteiger partial charge in [-0.2, -0.15) is 4.39 Å². The van der Waals surface area contributed by atoms with Gasteiger partial charge in [-0.25, -0.2) is 13.1 Å². The Morgan fingerprint density at radius 2 is 2.14 bits per heavy atom. The Bertz CT molecular complexity index is 649. The summed E-state index contributed by atoms with van der Waals surface area (Å²) in [7, 11) is -4.23. The van der Waals surface area contributed by atoms with E-state index in [1.54, 1.807) is 0 Å². The number of sulfonamides is 1. The van der Waals surface area contributed by atoms with Crippen LogP contribution in [0.25, 0.3) is 0 Å². The summed E-state index contributed by atoms with van der Waals surface area (Å²) >= 11 is 0. The number of nitrogens with one attached hydrogen (secondary N) is 1. The number of hydrogen-bond donors (Lipinski definition) is 2. The van der Waals surface area contributed by atoms with Crippen LogP contribution in [-0.2, 0) is 10.0 Å². The third-order valence-corrected chi connectivity index (χ3v) is 5.14. The number of benzene rings is 1. The van der Waals surface area contributed by atoms with Crippen molar-refractivity contribution < 1.29 is 22.8 Å². The highest BCUT2D eigenvalue weighted by atomic mass is 32.2. The van der Waals surface area contributed by atoms with Crippen LogP contribution in [0.15, 0.2) is 23.1 Å². The number of halogens is 1. The highest BCUT2D eigenvalue weighted by Crippen LogP contribution is 2.30. The molecule has 1 aliphatic rings. The lowest BCUT2D eigenvalue weighted by atomic mass is 10.1. The molecule has 1 aromatic carbocycles. The van der Waals surface area contributed by atoms with E-state index in [1.165, 1.54) is 0 Å². The molecule has 0 aromatic heterocycles. The lowest BCUT2D eigenvalue weighted by Gasteiger charge is -2.18. The minimum Gasteiger partial charge on any atom is -0.396 e. The van der Waals surface area contributed by atoms with Gasteiger partial charge in [0.1, 0.15) is 0 Å². The van der Waals surface area contributed by atoms with Gasteiger partial charge < -0.3 is 5.11 Å². The van der Waals surface area contributed by atoms with Crippen LogP contribution in [0.5, 0.6) is 0 Å². The van der Waals surface area contributed by atoms with Gasteiger partial charge >= 0.3 is 5.69 Å². The zero-order valence-electron chi connectivity index (χ0n) is 11.0. The van der Waals surface area contributed by atoms with E-state index in [1.807, 2.05) is 0 Å². The van der Waals surface area contributed by atoms with Crippen molar-refractivity contribution in [3.8, 4) is 0 Å². The highest BCUT2D eigenvalue weighted by Gasteiger charge is 2.35. The second-order valence-electron chi connectivity index (χ2n) is 4.95. The SMILES string of the molecule is O=[N+]([O-])c1c(F)cccc1S(=O)(=O)NC1CCCC1CO. The zero-order valence-corrected chi connectivity index (χ0v) is 11.8. The number of nitro groups is 1. The summed E-state index contributed by atoms with van der Waals surface area (Å²) in [5.74, 6) is -1.43. The summed E-state index contributed by atoms with van der Waals surface area (Å²) in [5, 5.41) is 20.1. The second kappa shape index (κ2) is 6.04. The van der Waals surface area contributed by atoms with E-state index in [2.05, 4.69) is 4.72 Å². The molecule has 0 heterocycles. The minimum absolute atomic E-state index is 0.168. The van der Waals surface area contributed by atoms with Gasteiger partial charge in [-0.15, -0.1) is 0 Å². The smallest absolute Gasteiger partial charge is 0.324 e. The molecule has 0 amide bonds. The average Bonchev–Trinajstić information content (AvgIpc) is 2.84. The molecule has 1 aliphatic carbocycles. The molecule has 0 aliphatic heterocycles. The van der Waals surface area contributed by atoms with Crippen LogP contribution in [0.1, 0.15) is 19.3 Å². The van der Waals surface area contributed by atoms with Crippen LogP contribution in [0, 0.1) is 21.8 Å². The number of nitrogens with zero attached hydrogens (tertiary/aromatic N) is 1. The molecule has 0 saturated heterocycles. The summed E-state index contributed by atoms with van der Waals surface area (Å²) in [6.07, 6.45) is 1.96. The predicted octanol–water partition coefficient (Wildman–Crippen LogP) is 1.17. The molecular formula is C12H15FN2O5S. The first-order chi connectivity index (χ1) is 9.86. The van der Waals surface area contributed by atoms with Crippen LogP contribution < -0.4 is 4.72 Å². The Balaban J connectivity index is 2.36. The molecule has 2 rings (SSSR count). The maximum Gasteiger partial charge on any atom is 0.324 e. The Labute approximate surface area is 121 Å². The topological polar surface area (TPSA) is 110 Å². The fourth-order valence-electron chi connectivity index (χ4n) is 2.56. The summed E-state index contributed by atoms with van der Waals surface area (Å²) in [5.41, 5.74) is -1.07. The van der Waals surface area contributed by atoms with Gasteiger partial charge in [-0.05, 0) is 30.9 Å². The standard InChI is InChI=1S/C12H15FN2O5S/c13-9-4-2-6-11(12(9)15(17)18)21(19,20)14-10-5-1-3-8(10)7-16/h2,4,6,8,10,14,16H,1,3,5,7H2. The van der Waals surface area contributed by atoms with Gasteiger partial charge in [0, 0.05) is 12.6 Å². The first kappa shape index (κ1) is 15.8. The molecule has 0 spiro atoms. The Kier molecular flexibility index (Phi) is 4.55. The highest BCUT2D eigenvalue weighted by molar-refractivity contribution is 7.89. The summed E-state index contributed by atoms with van der Waals surface area (Å²) in [6, 6.07) is 2.44.